The SMILES string of the molecule is Cc1c(N2CC(NC(=O)OC(C)(C)C)C3(CC3)C2)c(F)cc2c(=O)c(C(=O)O)cn(C3CC3)c12. The summed E-state index contributed by atoms with van der Waals surface area (Å²) in [6.45, 7) is 8.24. The standard InChI is InChI=1S/C25H30FN3O5/c1-13-19-15(21(30)16(22(31)32)10-29(19)14-5-6-14)9-17(26)20(13)28-11-18(25(12-28)7-8-25)27-23(33)34-24(2,3)4/h9-10,14,18H,5-8,11-12H2,1-4H3,(H,27,33)(H,31,32). The minimum Gasteiger partial charge on any atom is -0.477 e. The second-order valence-corrected chi connectivity index (χ2v) is 11.0. The minimum atomic E-state index is -1.31. The van der Waals surface area contributed by atoms with E-state index in [1.807, 2.05) is 30.2 Å². The fraction of sp³-hybridized carbons (Fsp3) is 0.560. The van der Waals surface area contributed by atoms with Gasteiger partial charge in [0.2, 0.25) is 5.43 Å². The number of benzene rings is 1. The van der Waals surface area contributed by atoms with Crippen LogP contribution in [0.2, 0.25) is 0 Å². The van der Waals surface area contributed by atoms with Crippen molar-refractivity contribution in [3.63, 3.8) is 0 Å². The second-order valence-electron chi connectivity index (χ2n) is 11.0. The Hall–Kier alpha value is -3.10. The fourth-order valence-corrected chi connectivity index (χ4v) is 5.31. The highest BCUT2D eigenvalue weighted by molar-refractivity contribution is 5.95. The van der Waals surface area contributed by atoms with E-state index in [2.05, 4.69) is 5.32 Å². The molecule has 1 saturated heterocycles. The van der Waals surface area contributed by atoms with Gasteiger partial charge in [-0.3, -0.25) is 4.79 Å². The maximum atomic E-state index is 15.5. The molecule has 9 heteroatoms. The highest BCUT2D eigenvalue weighted by atomic mass is 19.1. The van der Waals surface area contributed by atoms with E-state index in [0.29, 0.717) is 29.9 Å². The van der Waals surface area contributed by atoms with Gasteiger partial charge in [0.25, 0.3) is 0 Å². The summed E-state index contributed by atoms with van der Waals surface area (Å²) in [5, 5.41) is 12.6. The number of alkyl carbamates (subject to hydrolysis) is 1. The van der Waals surface area contributed by atoms with Crippen LogP contribution in [-0.2, 0) is 4.74 Å². The Bertz CT molecular complexity index is 1270. The lowest BCUT2D eigenvalue weighted by Crippen LogP contribution is -2.44. The second kappa shape index (κ2) is 7.45. The predicted octanol–water partition coefficient (Wildman–Crippen LogP) is 3.98. The molecular formula is C25H30FN3O5. The van der Waals surface area contributed by atoms with Gasteiger partial charge in [-0.05, 0) is 65.0 Å². The predicted molar refractivity (Wildman–Crippen MR) is 125 cm³/mol. The molecule has 1 spiro atoms. The van der Waals surface area contributed by atoms with Crippen LogP contribution in [0.4, 0.5) is 14.9 Å². The number of amides is 1. The first-order valence-electron chi connectivity index (χ1n) is 11.8. The number of anilines is 1. The normalized spacial score (nSPS) is 21.2. The lowest BCUT2D eigenvalue weighted by molar-refractivity contribution is 0.0493. The first kappa shape index (κ1) is 22.7. The van der Waals surface area contributed by atoms with Crippen LogP contribution in [0.15, 0.2) is 17.1 Å². The molecular weight excluding hydrogens is 441 g/mol. The summed E-state index contributed by atoms with van der Waals surface area (Å²) in [5.74, 6) is -1.87. The summed E-state index contributed by atoms with van der Waals surface area (Å²) in [7, 11) is 0. The number of aryl methyl sites for hydroxylation is 1. The maximum absolute atomic E-state index is 15.5. The number of rotatable bonds is 4. The minimum absolute atomic E-state index is 0.0920. The van der Waals surface area contributed by atoms with Gasteiger partial charge in [-0.2, -0.15) is 0 Å². The molecule has 182 valence electrons. The Balaban J connectivity index is 1.54. The molecule has 8 nitrogen and oxygen atoms in total. The third-order valence-corrected chi connectivity index (χ3v) is 7.20. The fourth-order valence-electron chi connectivity index (χ4n) is 5.31. The molecule has 3 aliphatic rings. The molecule has 2 heterocycles. The van der Waals surface area contributed by atoms with Crippen molar-refractivity contribution in [2.45, 2.75) is 71.1 Å². The quantitative estimate of drug-likeness (QED) is 0.700. The highest BCUT2D eigenvalue weighted by Gasteiger charge is 2.56. The van der Waals surface area contributed by atoms with Crippen molar-refractivity contribution in [2.75, 3.05) is 18.0 Å². The van der Waals surface area contributed by atoms with Crippen LogP contribution in [0.5, 0.6) is 0 Å². The Labute approximate surface area is 196 Å². The van der Waals surface area contributed by atoms with Gasteiger partial charge in [-0.1, -0.05) is 0 Å². The van der Waals surface area contributed by atoms with Crippen LogP contribution >= 0.6 is 0 Å². The van der Waals surface area contributed by atoms with Gasteiger partial charge >= 0.3 is 12.1 Å². The Morgan fingerprint density at radius 1 is 1.26 bits per heavy atom. The number of halogens is 1. The monoisotopic (exact) mass is 471 g/mol. The van der Waals surface area contributed by atoms with Crippen molar-refractivity contribution in [3.8, 4) is 0 Å². The zero-order valence-corrected chi connectivity index (χ0v) is 19.9. The van der Waals surface area contributed by atoms with E-state index in [0.717, 1.165) is 25.7 Å². The topological polar surface area (TPSA) is 101 Å². The first-order valence-corrected chi connectivity index (χ1v) is 11.8. The molecule has 1 unspecified atom stereocenters. The van der Waals surface area contributed by atoms with Crippen molar-refractivity contribution in [1.82, 2.24) is 9.88 Å². The summed E-state index contributed by atoms with van der Waals surface area (Å²) in [6.07, 6.45) is 4.57. The van der Waals surface area contributed by atoms with Crippen LogP contribution in [-0.4, -0.2) is 46.5 Å². The van der Waals surface area contributed by atoms with Crippen molar-refractivity contribution < 1.29 is 23.8 Å². The van der Waals surface area contributed by atoms with E-state index < -0.39 is 28.9 Å². The van der Waals surface area contributed by atoms with Crippen molar-refractivity contribution in [3.05, 3.63) is 39.4 Å². The summed E-state index contributed by atoms with van der Waals surface area (Å²) >= 11 is 0. The summed E-state index contributed by atoms with van der Waals surface area (Å²) in [5.41, 5.74) is -0.130. The van der Waals surface area contributed by atoms with Gasteiger partial charge in [-0.15, -0.1) is 0 Å². The van der Waals surface area contributed by atoms with Gasteiger partial charge in [-0.25, -0.2) is 14.0 Å². The smallest absolute Gasteiger partial charge is 0.407 e. The number of nitrogens with one attached hydrogen (secondary N) is 1. The number of aromatic nitrogens is 1. The van der Waals surface area contributed by atoms with Gasteiger partial charge in [0.1, 0.15) is 17.0 Å². The molecule has 1 aliphatic heterocycles. The van der Waals surface area contributed by atoms with Crippen LogP contribution in [0.25, 0.3) is 10.9 Å². The number of ether oxygens (including phenoxy) is 1. The molecule has 2 aromatic rings. The number of fused-ring (bicyclic) bond motifs is 1. The third kappa shape index (κ3) is 3.80. The molecule has 2 N–H and O–H groups in total. The molecule has 1 aromatic heterocycles. The first-order chi connectivity index (χ1) is 15.9. The number of carboxylic acid groups (broad SMARTS) is 1. The Morgan fingerprint density at radius 3 is 2.50 bits per heavy atom. The largest absolute Gasteiger partial charge is 0.477 e. The lowest BCUT2D eigenvalue weighted by atomic mass is 10.0. The summed E-state index contributed by atoms with van der Waals surface area (Å²) in [4.78, 5) is 38.9. The van der Waals surface area contributed by atoms with E-state index in [1.54, 1.807) is 6.92 Å². The van der Waals surface area contributed by atoms with Gasteiger partial charge in [0, 0.05) is 36.1 Å². The van der Waals surface area contributed by atoms with Crippen molar-refractivity contribution >= 4 is 28.7 Å². The average Bonchev–Trinajstić information content (AvgIpc) is 3.61. The molecule has 34 heavy (non-hydrogen) atoms. The molecule has 1 aromatic carbocycles. The summed E-state index contributed by atoms with van der Waals surface area (Å²) in [6, 6.07) is 1.12. The van der Waals surface area contributed by atoms with E-state index in [-0.39, 0.29) is 28.4 Å². The molecule has 3 fully saturated rings. The molecule has 1 amide bonds. The Kier molecular flexibility index (Phi) is 4.97. The maximum Gasteiger partial charge on any atom is 0.407 e. The van der Waals surface area contributed by atoms with Crippen LogP contribution in [0.1, 0.15) is 68.4 Å². The average molecular weight is 472 g/mol. The number of carbonyl (C=O) groups excluding carboxylic acids is 1. The van der Waals surface area contributed by atoms with Gasteiger partial charge in [0.15, 0.2) is 0 Å². The summed E-state index contributed by atoms with van der Waals surface area (Å²) < 4.78 is 22.8. The molecule has 0 bridgehead atoms. The van der Waals surface area contributed by atoms with E-state index in [1.165, 1.54) is 12.3 Å². The van der Waals surface area contributed by atoms with Crippen molar-refractivity contribution in [1.29, 1.82) is 0 Å². The van der Waals surface area contributed by atoms with Crippen LogP contribution in [0, 0.1) is 18.2 Å². The lowest BCUT2D eigenvalue weighted by Gasteiger charge is -2.25. The zero-order valence-electron chi connectivity index (χ0n) is 19.9. The van der Waals surface area contributed by atoms with Gasteiger partial charge in [0.05, 0.1) is 17.2 Å². The molecule has 2 aliphatic carbocycles. The number of hydrogen-bond acceptors (Lipinski definition) is 5. The third-order valence-electron chi connectivity index (χ3n) is 7.20. The number of hydrogen-bond donors (Lipinski definition) is 2. The van der Waals surface area contributed by atoms with Crippen LogP contribution < -0.4 is 15.6 Å². The zero-order chi connectivity index (χ0) is 24.6. The number of nitrogens with zero attached hydrogens (tertiary/aromatic N) is 2. The number of aromatic carboxylic acids is 1. The van der Waals surface area contributed by atoms with E-state index in [4.69, 9.17) is 4.74 Å². The number of carboxylic acids is 1. The molecule has 1 atom stereocenters. The van der Waals surface area contributed by atoms with E-state index >= 15 is 4.39 Å². The Morgan fingerprint density at radius 2 is 1.94 bits per heavy atom. The van der Waals surface area contributed by atoms with Crippen molar-refractivity contribution in [2.24, 2.45) is 5.41 Å². The van der Waals surface area contributed by atoms with E-state index in [9.17, 15) is 19.5 Å². The van der Waals surface area contributed by atoms with Crippen LogP contribution in [0.3, 0.4) is 0 Å². The highest BCUT2D eigenvalue weighted by Crippen LogP contribution is 2.54. The number of pyridine rings is 1. The molecule has 2 saturated carbocycles. The molecule has 0 radical (unpaired) electrons. The number of carbonyl (C=O) groups is 2. The molecule has 5 rings (SSSR count). The van der Waals surface area contributed by atoms with Gasteiger partial charge < -0.3 is 24.6 Å².